The normalized spacial score (nSPS) is 18.4. The van der Waals surface area contributed by atoms with Crippen LogP contribution in [0, 0.1) is 11.8 Å². The summed E-state index contributed by atoms with van der Waals surface area (Å²) in [7, 11) is 0. The summed E-state index contributed by atoms with van der Waals surface area (Å²) in [4.78, 5) is 2.65. The van der Waals surface area contributed by atoms with Crippen LogP contribution in [0.1, 0.15) is 51.2 Å². The van der Waals surface area contributed by atoms with Gasteiger partial charge in [-0.1, -0.05) is 51.5 Å². The molecule has 1 aromatic rings. The Bertz CT molecular complexity index is 373. The maximum absolute atomic E-state index is 2.65. The molecule has 1 unspecified atom stereocenters. The Balaban J connectivity index is 1.79. The van der Waals surface area contributed by atoms with Crippen LogP contribution in [0.2, 0.25) is 0 Å². The highest BCUT2D eigenvalue weighted by Crippen LogP contribution is 2.16. The van der Waals surface area contributed by atoms with E-state index in [0.29, 0.717) is 0 Å². The molecule has 0 saturated carbocycles. The summed E-state index contributed by atoms with van der Waals surface area (Å²) in [6, 6.07) is 9.32. The van der Waals surface area contributed by atoms with Gasteiger partial charge in [0.2, 0.25) is 0 Å². The number of benzene rings is 1. The first-order chi connectivity index (χ1) is 9.63. The first-order valence-electron chi connectivity index (χ1n) is 8.43. The summed E-state index contributed by atoms with van der Waals surface area (Å²) >= 11 is 0. The first kappa shape index (κ1) is 15.6. The smallest absolute Gasteiger partial charge is 0.00102 e. The molecule has 0 spiro atoms. The van der Waals surface area contributed by atoms with Gasteiger partial charge in [0.25, 0.3) is 0 Å². The SMILES string of the molecule is CC(C)Cc1ccc(CC(C)CN2CCCCC2)cc1. The Kier molecular flexibility index (Phi) is 6.09. The predicted octanol–water partition coefficient (Wildman–Crippen LogP) is 4.55. The number of hydrogen-bond acceptors (Lipinski definition) is 1. The van der Waals surface area contributed by atoms with Gasteiger partial charge in [-0.2, -0.15) is 0 Å². The standard InChI is InChI=1S/C19H31N/c1-16(2)13-18-7-9-19(10-8-18)14-17(3)15-20-11-5-4-6-12-20/h7-10,16-17H,4-6,11-15H2,1-3H3. The minimum Gasteiger partial charge on any atom is -0.303 e. The van der Waals surface area contributed by atoms with Gasteiger partial charge in [-0.3, -0.25) is 0 Å². The molecule has 1 nitrogen and oxygen atoms in total. The van der Waals surface area contributed by atoms with Crippen LogP contribution in [0.4, 0.5) is 0 Å². The molecule has 112 valence electrons. The summed E-state index contributed by atoms with van der Waals surface area (Å²) < 4.78 is 0. The molecule has 0 radical (unpaired) electrons. The van der Waals surface area contributed by atoms with Gasteiger partial charge in [0.1, 0.15) is 0 Å². The first-order valence-corrected chi connectivity index (χ1v) is 8.43. The van der Waals surface area contributed by atoms with Gasteiger partial charge < -0.3 is 4.90 Å². The maximum atomic E-state index is 2.65. The zero-order valence-corrected chi connectivity index (χ0v) is 13.6. The van der Waals surface area contributed by atoms with Crippen LogP contribution in [0.5, 0.6) is 0 Å². The second kappa shape index (κ2) is 7.83. The lowest BCUT2D eigenvalue weighted by atomic mass is 9.96. The van der Waals surface area contributed by atoms with Gasteiger partial charge in [0.15, 0.2) is 0 Å². The van der Waals surface area contributed by atoms with E-state index in [-0.39, 0.29) is 0 Å². The molecule has 0 bridgehead atoms. The molecule has 1 aliphatic rings. The molecule has 20 heavy (non-hydrogen) atoms. The topological polar surface area (TPSA) is 3.24 Å². The lowest BCUT2D eigenvalue weighted by Crippen LogP contribution is -2.34. The Morgan fingerprint density at radius 2 is 1.40 bits per heavy atom. The molecule has 1 heteroatoms. The Morgan fingerprint density at radius 3 is 1.95 bits per heavy atom. The van der Waals surface area contributed by atoms with Crippen molar-refractivity contribution in [3.05, 3.63) is 35.4 Å². The van der Waals surface area contributed by atoms with Crippen LogP contribution in [0.15, 0.2) is 24.3 Å². The molecule has 1 fully saturated rings. The van der Waals surface area contributed by atoms with Crippen molar-refractivity contribution in [1.82, 2.24) is 4.90 Å². The Morgan fingerprint density at radius 1 is 0.850 bits per heavy atom. The second-order valence-electron chi connectivity index (χ2n) is 7.09. The van der Waals surface area contributed by atoms with Gasteiger partial charge in [0, 0.05) is 6.54 Å². The zero-order valence-electron chi connectivity index (χ0n) is 13.6. The van der Waals surface area contributed by atoms with Crippen molar-refractivity contribution < 1.29 is 0 Å². The predicted molar refractivity (Wildman–Crippen MR) is 88.1 cm³/mol. The maximum Gasteiger partial charge on any atom is 0.00102 e. The van der Waals surface area contributed by atoms with E-state index in [1.165, 1.54) is 62.9 Å². The highest BCUT2D eigenvalue weighted by atomic mass is 15.1. The minimum absolute atomic E-state index is 0.749. The van der Waals surface area contributed by atoms with E-state index in [1.807, 2.05) is 0 Å². The Labute approximate surface area is 125 Å². The van der Waals surface area contributed by atoms with E-state index in [0.717, 1.165) is 11.8 Å². The molecule has 0 amide bonds. The van der Waals surface area contributed by atoms with Crippen LogP contribution < -0.4 is 0 Å². The fraction of sp³-hybridized carbons (Fsp3) is 0.684. The van der Waals surface area contributed by atoms with Gasteiger partial charge >= 0.3 is 0 Å². The van der Waals surface area contributed by atoms with E-state index in [2.05, 4.69) is 49.9 Å². The molecule has 1 aromatic carbocycles. The van der Waals surface area contributed by atoms with E-state index in [9.17, 15) is 0 Å². The number of rotatable bonds is 6. The van der Waals surface area contributed by atoms with Crippen molar-refractivity contribution in [2.45, 2.75) is 52.9 Å². The second-order valence-corrected chi connectivity index (χ2v) is 7.09. The van der Waals surface area contributed by atoms with Crippen LogP contribution in [-0.2, 0) is 12.8 Å². The molecular formula is C19H31N. The van der Waals surface area contributed by atoms with E-state index >= 15 is 0 Å². The fourth-order valence-electron chi connectivity index (χ4n) is 3.33. The van der Waals surface area contributed by atoms with Crippen LogP contribution in [-0.4, -0.2) is 24.5 Å². The monoisotopic (exact) mass is 273 g/mol. The van der Waals surface area contributed by atoms with Crippen LogP contribution in [0.25, 0.3) is 0 Å². The third kappa shape index (κ3) is 5.28. The number of nitrogens with zero attached hydrogens (tertiary/aromatic N) is 1. The Hall–Kier alpha value is -0.820. The molecule has 1 saturated heterocycles. The highest BCUT2D eigenvalue weighted by molar-refractivity contribution is 5.23. The number of likely N-dealkylation sites (tertiary alicyclic amines) is 1. The highest BCUT2D eigenvalue weighted by Gasteiger charge is 2.13. The summed E-state index contributed by atoms with van der Waals surface area (Å²) in [5.41, 5.74) is 2.98. The van der Waals surface area contributed by atoms with Crippen molar-refractivity contribution >= 4 is 0 Å². The molecule has 1 atom stereocenters. The lowest BCUT2D eigenvalue weighted by molar-refractivity contribution is 0.200. The van der Waals surface area contributed by atoms with Crippen LogP contribution >= 0.6 is 0 Å². The summed E-state index contributed by atoms with van der Waals surface area (Å²) in [6.07, 6.45) is 6.65. The molecule has 0 aliphatic carbocycles. The minimum atomic E-state index is 0.749. The van der Waals surface area contributed by atoms with Crippen molar-refractivity contribution in [2.24, 2.45) is 11.8 Å². The zero-order chi connectivity index (χ0) is 14.4. The van der Waals surface area contributed by atoms with Crippen molar-refractivity contribution in [1.29, 1.82) is 0 Å². The van der Waals surface area contributed by atoms with E-state index < -0.39 is 0 Å². The van der Waals surface area contributed by atoms with Crippen molar-refractivity contribution in [3.63, 3.8) is 0 Å². The average molecular weight is 273 g/mol. The molecule has 1 aliphatic heterocycles. The van der Waals surface area contributed by atoms with Crippen molar-refractivity contribution in [2.75, 3.05) is 19.6 Å². The molecule has 1 heterocycles. The molecule has 0 aromatic heterocycles. The summed E-state index contributed by atoms with van der Waals surface area (Å²) in [5.74, 6) is 1.52. The molecule has 0 N–H and O–H groups in total. The average Bonchev–Trinajstić information content (AvgIpc) is 2.41. The summed E-state index contributed by atoms with van der Waals surface area (Å²) in [5, 5.41) is 0. The largest absolute Gasteiger partial charge is 0.303 e. The van der Waals surface area contributed by atoms with E-state index in [4.69, 9.17) is 0 Å². The van der Waals surface area contributed by atoms with Crippen molar-refractivity contribution in [3.8, 4) is 0 Å². The van der Waals surface area contributed by atoms with Gasteiger partial charge in [-0.25, -0.2) is 0 Å². The number of hydrogen-bond donors (Lipinski definition) is 0. The third-order valence-electron chi connectivity index (χ3n) is 4.27. The van der Waals surface area contributed by atoms with E-state index in [1.54, 1.807) is 0 Å². The molecule has 2 rings (SSSR count). The van der Waals surface area contributed by atoms with Gasteiger partial charge in [-0.05, 0) is 61.7 Å². The summed E-state index contributed by atoms with van der Waals surface area (Å²) in [6.45, 7) is 10.9. The molecular weight excluding hydrogens is 242 g/mol. The quantitative estimate of drug-likeness (QED) is 0.735. The van der Waals surface area contributed by atoms with Gasteiger partial charge in [0.05, 0.1) is 0 Å². The third-order valence-corrected chi connectivity index (χ3v) is 4.27. The lowest BCUT2D eigenvalue weighted by Gasteiger charge is -2.29. The van der Waals surface area contributed by atoms with Gasteiger partial charge in [-0.15, -0.1) is 0 Å². The number of piperidine rings is 1. The van der Waals surface area contributed by atoms with Crippen LogP contribution in [0.3, 0.4) is 0 Å². The fourth-order valence-corrected chi connectivity index (χ4v) is 3.33.